The number of furan rings is 1. The van der Waals surface area contributed by atoms with E-state index in [0.29, 0.717) is 5.22 Å². The van der Waals surface area contributed by atoms with Crippen LogP contribution in [-0.2, 0) is 0 Å². The Morgan fingerprint density at radius 3 is 2.75 bits per heavy atom. The second kappa shape index (κ2) is 6.33. The van der Waals surface area contributed by atoms with Crippen LogP contribution in [0.25, 0.3) is 0 Å². The molecule has 0 bridgehead atoms. The van der Waals surface area contributed by atoms with Gasteiger partial charge in [0.15, 0.2) is 11.0 Å². The van der Waals surface area contributed by atoms with Crippen molar-refractivity contribution in [3.8, 4) is 5.75 Å². The first-order chi connectivity index (χ1) is 9.60. The van der Waals surface area contributed by atoms with Crippen molar-refractivity contribution in [1.29, 1.82) is 0 Å². The number of halogens is 1. The SMILES string of the molecule is CCNC(c1ccoc1Cl)c1c(OC)cnn1C(C)C. The fourth-order valence-electron chi connectivity index (χ4n) is 2.27. The normalized spacial score (nSPS) is 12.9. The number of rotatable bonds is 6. The molecule has 5 nitrogen and oxygen atoms in total. The van der Waals surface area contributed by atoms with Gasteiger partial charge in [-0.1, -0.05) is 6.92 Å². The Bertz CT molecular complexity index is 563. The first-order valence-electron chi connectivity index (χ1n) is 6.67. The second-order valence-corrected chi connectivity index (χ2v) is 5.12. The van der Waals surface area contributed by atoms with Gasteiger partial charge in [0.05, 0.1) is 25.6 Å². The molecule has 2 rings (SSSR count). The quantitative estimate of drug-likeness (QED) is 0.887. The van der Waals surface area contributed by atoms with E-state index in [1.54, 1.807) is 19.6 Å². The fourth-order valence-corrected chi connectivity index (χ4v) is 2.49. The van der Waals surface area contributed by atoms with E-state index in [9.17, 15) is 0 Å². The molecule has 1 unspecified atom stereocenters. The molecule has 1 N–H and O–H groups in total. The maximum Gasteiger partial charge on any atom is 0.198 e. The van der Waals surface area contributed by atoms with Crippen molar-refractivity contribution in [3.63, 3.8) is 0 Å². The highest BCUT2D eigenvalue weighted by Gasteiger charge is 2.27. The molecule has 0 spiro atoms. The minimum Gasteiger partial charge on any atom is -0.493 e. The van der Waals surface area contributed by atoms with Gasteiger partial charge in [-0.25, -0.2) is 0 Å². The van der Waals surface area contributed by atoms with E-state index in [1.165, 1.54) is 0 Å². The largest absolute Gasteiger partial charge is 0.493 e. The Morgan fingerprint density at radius 2 is 2.25 bits per heavy atom. The number of ether oxygens (including phenoxy) is 1. The topological polar surface area (TPSA) is 52.2 Å². The lowest BCUT2D eigenvalue weighted by Crippen LogP contribution is -2.26. The predicted octanol–water partition coefficient (Wildman–Crippen LogP) is 3.42. The van der Waals surface area contributed by atoms with Gasteiger partial charge in [0, 0.05) is 11.6 Å². The van der Waals surface area contributed by atoms with Gasteiger partial charge in [-0.2, -0.15) is 5.10 Å². The van der Waals surface area contributed by atoms with Crippen molar-refractivity contribution in [2.24, 2.45) is 0 Å². The van der Waals surface area contributed by atoms with Crippen LogP contribution in [0, 0.1) is 0 Å². The van der Waals surface area contributed by atoms with Crippen molar-refractivity contribution in [2.75, 3.05) is 13.7 Å². The Labute approximate surface area is 123 Å². The average Bonchev–Trinajstić information content (AvgIpc) is 3.02. The lowest BCUT2D eigenvalue weighted by molar-refractivity contribution is 0.394. The molecular weight excluding hydrogens is 278 g/mol. The number of hydrogen-bond acceptors (Lipinski definition) is 4. The third-order valence-electron chi connectivity index (χ3n) is 3.15. The molecule has 0 aliphatic heterocycles. The first-order valence-corrected chi connectivity index (χ1v) is 7.05. The fraction of sp³-hybridized carbons (Fsp3) is 0.500. The van der Waals surface area contributed by atoms with Crippen molar-refractivity contribution >= 4 is 11.6 Å². The Kier molecular flexibility index (Phi) is 4.73. The molecule has 110 valence electrons. The first kappa shape index (κ1) is 14.9. The number of nitrogens with zero attached hydrogens (tertiary/aromatic N) is 2. The lowest BCUT2D eigenvalue weighted by Gasteiger charge is -2.21. The van der Waals surface area contributed by atoms with Crippen molar-refractivity contribution in [2.45, 2.75) is 32.9 Å². The summed E-state index contributed by atoms with van der Waals surface area (Å²) in [6.07, 6.45) is 3.32. The molecular formula is C14H20ClN3O2. The van der Waals surface area contributed by atoms with Crippen molar-refractivity contribution in [3.05, 3.63) is 35.0 Å². The molecule has 0 saturated carbocycles. The molecule has 0 aliphatic rings. The molecule has 20 heavy (non-hydrogen) atoms. The Hall–Kier alpha value is -1.46. The average molecular weight is 298 g/mol. The summed E-state index contributed by atoms with van der Waals surface area (Å²) in [5.74, 6) is 0.738. The van der Waals surface area contributed by atoms with Crippen LogP contribution >= 0.6 is 11.6 Å². The van der Waals surface area contributed by atoms with Gasteiger partial charge in [0.2, 0.25) is 0 Å². The maximum atomic E-state index is 6.14. The van der Waals surface area contributed by atoms with Gasteiger partial charge in [0.25, 0.3) is 0 Å². The van der Waals surface area contributed by atoms with Crippen LogP contribution in [0.1, 0.15) is 44.1 Å². The number of nitrogens with one attached hydrogen (secondary N) is 1. The summed E-state index contributed by atoms with van der Waals surface area (Å²) >= 11 is 6.14. The van der Waals surface area contributed by atoms with Crippen LogP contribution in [0.15, 0.2) is 22.9 Å². The van der Waals surface area contributed by atoms with Crippen LogP contribution in [-0.4, -0.2) is 23.4 Å². The molecule has 1 atom stereocenters. The van der Waals surface area contributed by atoms with Gasteiger partial charge >= 0.3 is 0 Å². The number of methoxy groups -OCH3 is 1. The molecule has 6 heteroatoms. The van der Waals surface area contributed by atoms with Crippen LogP contribution in [0.3, 0.4) is 0 Å². The summed E-state index contributed by atoms with van der Waals surface area (Å²) in [5, 5.41) is 8.20. The third-order valence-corrected chi connectivity index (χ3v) is 3.45. The zero-order valence-electron chi connectivity index (χ0n) is 12.2. The van der Waals surface area contributed by atoms with Crippen molar-refractivity contribution in [1.82, 2.24) is 15.1 Å². The molecule has 2 aromatic heterocycles. The minimum absolute atomic E-state index is 0.119. The summed E-state index contributed by atoms with van der Waals surface area (Å²) in [6, 6.07) is 1.97. The van der Waals surface area contributed by atoms with Crippen LogP contribution < -0.4 is 10.1 Å². The summed E-state index contributed by atoms with van der Waals surface area (Å²) in [5.41, 5.74) is 1.84. The Balaban J connectivity index is 2.54. The summed E-state index contributed by atoms with van der Waals surface area (Å²) < 4.78 is 12.6. The van der Waals surface area contributed by atoms with E-state index in [4.69, 9.17) is 20.8 Å². The highest BCUT2D eigenvalue weighted by molar-refractivity contribution is 6.29. The minimum atomic E-state index is -0.119. The molecule has 0 amide bonds. The second-order valence-electron chi connectivity index (χ2n) is 4.78. The zero-order valence-corrected chi connectivity index (χ0v) is 12.9. The monoisotopic (exact) mass is 297 g/mol. The van der Waals surface area contributed by atoms with Crippen LogP contribution in [0.5, 0.6) is 5.75 Å². The molecule has 0 saturated heterocycles. The highest BCUT2D eigenvalue weighted by atomic mass is 35.5. The van der Waals surface area contributed by atoms with Crippen LogP contribution in [0.2, 0.25) is 5.22 Å². The van der Waals surface area contributed by atoms with Gasteiger partial charge in [-0.15, -0.1) is 0 Å². The van der Waals surface area contributed by atoms with E-state index in [0.717, 1.165) is 23.6 Å². The molecule has 0 aliphatic carbocycles. The van der Waals surface area contributed by atoms with E-state index in [-0.39, 0.29) is 12.1 Å². The van der Waals surface area contributed by atoms with Crippen LogP contribution in [0.4, 0.5) is 0 Å². The van der Waals surface area contributed by atoms with Gasteiger partial charge in [0.1, 0.15) is 5.69 Å². The van der Waals surface area contributed by atoms with Gasteiger partial charge in [-0.3, -0.25) is 4.68 Å². The molecule has 2 heterocycles. The number of hydrogen-bond donors (Lipinski definition) is 1. The smallest absolute Gasteiger partial charge is 0.198 e. The standard InChI is InChI=1S/C14H20ClN3O2/c1-5-16-12(10-6-7-20-14(10)15)13-11(19-4)8-17-18(13)9(2)3/h6-9,12,16H,5H2,1-4H3. The molecule has 0 aromatic carbocycles. The van der Waals surface area contributed by atoms with E-state index in [2.05, 4.69) is 24.3 Å². The number of aromatic nitrogens is 2. The summed E-state index contributed by atoms with van der Waals surface area (Å²) in [4.78, 5) is 0. The van der Waals surface area contributed by atoms with E-state index >= 15 is 0 Å². The molecule has 0 radical (unpaired) electrons. The van der Waals surface area contributed by atoms with Crippen molar-refractivity contribution < 1.29 is 9.15 Å². The highest BCUT2D eigenvalue weighted by Crippen LogP contribution is 2.35. The molecule has 0 fully saturated rings. The third kappa shape index (κ3) is 2.69. The van der Waals surface area contributed by atoms with E-state index in [1.807, 2.05) is 17.7 Å². The van der Waals surface area contributed by atoms with Gasteiger partial charge < -0.3 is 14.5 Å². The zero-order chi connectivity index (χ0) is 14.7. The van der Waals surface area contributed by atoms with E-state index < -0.39 is 0 Å². The summed E-state index contributed by atoms with van der Waals surface area (Å²) in [6.45, 7) is 6.99. The predicted molar refractivity (Wildman–Crippen MR) is 78.4 cm³/mol. The summed E-state index contributed by atoms with van der Waals surface area (Å²) in [7, 11) is 1.64. The molecule has 2 aromatic rings. The Morgan fingerprint density at radius 1 is 1.50 bits per heavy atom. The lowest BCUT2D eigenvalue weighted by atomic mass is 10.1. The van der Waals surface area contributed by atoms with Gasteiger partial charge in [-0.05, 0) is 38.1 Å². The maximum absolute atomic E-state index is 6.14.